The molecule has 0 bridgehead atoms. The third kappa shape index (κ3) is 4.12. The SMILES string of the molecule is Cc1cc(-c2n[nH]c3ncc(C(=O)N[C@H]4CNC[C@@H]4c4ccccc4C(F)(F)F)cc23)ccn1. The lowest BCUT2D eigenvalue weighted by Gasteiger charge is -2.23. The van der Waals surface area contributed by atoms with E-state index in [0.717, 1.165) is 17.3 Å². The molecule has 10 heteroatoms. The van der Waals surface area contributed by atoms with Crippen molar-refractivity contribution in [3.05, 3.63) is 77.2 Å². The van der Waals surface area contributed by atoms with E-state index >= 15 is 0 Å². The highest BCUT2D eigenvalue weighted by Crippen LogP contribution is 2.37. The second kappa shape index (κ2) is 8.53. The zero-order chi connectivity index (χ0) is 23.9. The Morgan fingerprint density at radius 1 is 1.12 bits per heavy atom. The van der Waals surface area contributed by atoms with Gasteiger partial charge in [-0.1, -0.05) is 18.2 Å². The lowest BCUT2D eigenvalue weighted by atomic mass is 9.90. The van der Waals surface area contributed by atoms with Gasteiger partial charge < -0.3 is 10.6 Å². The first kappa shape index (κ1) is 22.0. The number of aromatic amines is 1. The fourth-order valence-electron chi connectivity index (χ4n) is 4.43. The van der Waals surface area contributed by atoms with Crippen molar-refractivity contribution in [2.45, 2.75) is 25.1 Å². The van der Waals surface area contributed by atoms with Gasteiger partial charge in [0.2, 0.25) is 0 Å². The molecule has 0 saturated carbocycles. The van der Waals surface area contributed by atoms with Crippen LogP contribution in [0.1, 0.15) is 33.1 Å². The fraction of sp³-hybridized carbons (Fsp3) is 0.250. The molecule has 3 aromatic heterocycles. The van der Waals surface area contributed by atoms with Crippen molar-refractivity contribution in [1.29, 1.82) is 0 Å². The van der Waals surface area contributed by atoms with E-state index in [2.05, 4.69) is 30.8 Å². The van der Waals surface area contributed by atoms with Gasteiger partial charge >= 0.3 is 6.18 Å². The minimum absolute atomic E-state index is 0.170. The number of nitrogens with one attached hydrogen (secondary N) is 3. The summed E-state index contributed by atoms with van der Waals surface area (Å²) in [6, 6.07) is 10.4. The number of aryl methyl sites for hydroxylation is 1. The number of carbonyl (C=O) groups excluding carboxylic acids is 1. The largest absolute Gasteiger partial charge is 0.416 e. The van der Waals surface area contributed by atoms with Crippen LogP contribution in [0.4, 0.5) is 13.2 Å². The highest BCUT2D eigenvalue weighted by molar-refractivity contribution is 6.00. The lowest BCUT2D eigenvalue weighted by molar-refractivity contribution is -0.138. The standard InChI is InChI=1S/C24H21F3N6O/c1-13-8-14(6-7-29-13)21-17-9-15(10-30-22(17)33-32-21)23(34)31-20-12-28-11-18(20)16-4-2-3-5-19(16)24(25,26)27/h2-10,18,20,28H,11-12H2,1H3,(H,31,34)(H,30,32,33)/t18-,20+/m1/s1. The monoisotopic (exact) mass is 466 g/mol. The van der Waals surface area contributed by atoms with Crippen molar-refractivity contribution >= 4 is 16.9 Å². The quantitative estimate of drug-likeness (QED) is 0.425. The van der Waals surface area contributed by atoms with Crippen LogP contribution in [0.2, 0.25) is 0 Å². The van der Waals surface area contributed by atoms with Crippen LogP contribution >= 0.6 is 0 Å². The van der Waals surface area contributed by atoms with E-state index in [-0.39, 0.29) is 5.56 Å². The molecule has 2 atom stereocenters. The van der Waals surface area contributed by atoms with Crippen LogP contribution < -0.4 is 10.6 Å². The Bertz CT molecular complexity index is 1370. The van der Waals surface area contributed by atoms with Crippen LogP contribution in [0.3, 0.4) is 0 Å². The Morgan fingerprint density at radius 2 is 1.94 bits per heavy atom. The molecule has 1 aliphatic rings. The number of carbonyl (C=O) groups is 1. The third-order valence-electron chi connectivity index (χ3n) is 6.05. The molecule has 7 nitrogen and oxygen atoms in total. The molecule has 3 N–H and O–H groups in total. The van der Waals surface area contributed by atoms with Crippen LogP contribution in [0.25, 0.3) is 22.3 Å². The van der Waals surface area contributed by atoms with Crippen molar-refractivity contribution in [2.24, 2.45) is 0 Å². The Hall–Kier alpha value is -3.79. The number of fused-ring (bicyclic) bond motifs is 1. The van der Waals surface area contributed by atoms with E-state index in [1.54, 1.807) is 18.3 Å². The first-order valence-corrected chi connectivity index (χ1v) is 10.8. The number of nitrogens with zero attached hydrogens (tertiary/aromatic N) is 3. The number of rotatable bonds is 4. The molecule has 1 aromatic carbocycles. The topological polar surface area (TPSA) is 95.6 Å². The van der Waals surface area contributed by atoms with Gasteiger partial charge in [-0.2, -0.15) is 18.3 Å². The smallest absolute Gasteiger partial charge is 0.347 e. The molecule has 0 spiro atoms. The molecule has 4 aromatic rings. The number of aromatic nitrogens is 4. The Kier molecular flexibility index (Phi) is 5.52. The van der Waals surface area contributed by atoms with Gasteiger partial charge in [-0.05, 0) is 36.8 Å². The third-order valence-corrected chi connectivity index (χ3v) is 6.05. The number of halogens is 3. The summed E-state index contributed by atoms with van der Waals surface area (Å²) in [5, 5.41) is 13.9. The van der Waals surface area contributed by atoms with Crippen LogP contribution in [-0.2, 0) is 6.18 Å². The first-order chi connectivity index (χ1) is 16.3. The molecule has 5 rings (SSSR count). The van der Waals surface area contributed by atoms with Crippen LogP contribution in [-0.4, -0.2) is 45.2 Å². The van der Waals surface area contributed by atoms with Crippen LogP contribution in [0.15, 0.2) is 54.9 Å². The summed E-state index contributed by atoms with van der Waals surface area (Å²) in [4.78, 5) is 21.6. The zero-order valence-corrected chi connectivity index (χ0v) is 18.1. The highest BCUT2D eigenvalue weighted by Gasteiger charge is 2.39. The van der Waals surface area contributed by atoms with E-state index in [1.165, 1.54) is 18.3 Å². The van der Waals surface area contributed by atoms with Gasteiger partial charge in [0, 0.05) is 54.1 Å². The maximum Gasteiger partial charge on any atom is 0.416 e. The zero-order valence-electron chi connectivity index (χ0n) is 18.1. The number of H-pyrrole nitrogens is 1. The molecule has 1 saturated heterocycles. The molecule has 34 heavy (non-hydrogen) atoms. The minimum Gasteiger partial charge on any atom is -0.347 e. The summed E-state index contributed by atoms with van der Waals surface area (Å²) in [5.74, 6) is -0.918. The summed E-state index contributed by atoms with van der Waals surface area (Å²) in [6.45, 7) is 2.58. The van der Waals surface area contributed by atoms with Gasteiger partial charge in [0.05, 0.1) is 11.1 Å². The molecule has 0 aliphatic carbocycles. The van der Waals surface area contributed by atoms with E-state index in [9.17, 15) is 18.0 Å². The molecule has 1 aliphatic heterocycles. The van der Waals surface area contributed by atoms with E-state index < -0.39 is 29.6 Å². The van der Waals surface area contributed by atoms with Gasteiger partial charge in [0.15, 0.2) is 5.65 Å². The van der Waals surface area contributed by atoms with Gasteiger partial charge in [0.1, 0.15) is 5.69 Å². The van der Waals surface area contributed by atoms with Crippen LogP contribution in [0.5, 0.6) is 0 Å². The molecular formula is C24H21F3N6O. The van der Waals surface area contributed by atoms with Gasteiger partial charge in [-0.25, -0.2) is 4.98 Å². The molecule has 1 amide bonds. The minimum atomic E-state index is -4.47. The Labute approximate surface area is 192 Å². The number of benzene rings is 1. The second-order valence-corrected chi connectivity index (χ2v) is 8.31. The second-order valence-electron chi connectivity index (χ2n) is 8.31. The van der Waals surface area contributed by atoms with Crippen LogP contribution in [0, 0.1) is 6.92 Å². The van der Waals surface area contributed by atoms with Gasteiger partial charge in [0.25, 0.3) is 5.91 Å². The summed E-state index contributed by atoms with van der Waals surface area (Å²) >= 11 is 0. The van der Waals surface area contributed by atoms with Crippen molar-refractivity contribution < 1.29 is 18.0 Å². The molecular weight excluding hydrogens is 445 g/mol. The van der Waals surface area contributed by atoms with Crippen molar-refractivity contribution in [2.75, 3.05) is 13.1 Å². The Balaban J connectivity index is 1.42. The summed E-state index contributed by atoms with van der Waals surface area (Å²) in [7, 11) is 0. The predicted molar refractivity (Wildman–Crippen MR) is 120 cm³/mol. The molecule has 174 valence electrons. The van der Waals surface area contributed by atoms with Crippen molar-refractivity contribution in [3.63, 3.8) is 0 Å². The van der Waals surface area contributed by atoms with Crippen molar-refractivity contribution in [1.82, 2.24) is 30.8 Å². The maximum absolute atomic E-state index is 13.5. The molecule has 1 fully saturated rings. The van der Waals surface area contributed by atoms with Gasteiger partial charge in [-0.3, -0.25) is 14.9 Å². The fourth-order valence-corrected chi connectivity index (χ4v) is 4.43. The average molecular weight is 466 g/mol. The average Bonchev–Trinajstić information content (AvgIpc) is 3.45. The van der Waals surface area contributed by atoms with E-state index in [4.69, 9.17) is 0 Å². The summed E-state index contributed by atoms with van der Waals surface area (Å²) in [5.41, 5.74) is 2.63. The predicted octanol–water partition coefficient (Wildman–Crippen LogP) is 3.83. The Morgan fingerprint density at radius 3 is 2.74 bits per heavy atom. The number of pyridine rings is 2. The maximum atomic E-state index is 13.5. The van der Waals surface area contributed by atoms with Crippen molar-refractivity contribution in [3.8, 4) is 11.3 Å². The highest BCUT2D eigenvalue weighted by atomic mass is 19.4. The summed E-state index contributed by atoms with van der Waals surface area (Å²) in [6.07, 6.45) is -1.36. The number of hydrogen-bond acceptors (Lipinski definition) is 5. The lowest BCUT2D eigenvalue weighted by Crippen LogP contribution is -2.40. The number of amides is 1. The van der Waals surface area contributed by atoms with E-state index in [1.807, 2.05) is 19.1 Å². The molecule has 0 unspecified atom stereocenters. The summed E-state index contributed by atoms with van der Waals surface area (Å²) < 4.78 is 40.6. The normalized spacial score (nSPS) is 18.4. The number of hydrogen-bond donors (Lipinski definition) is 3. The van der Waals surface area contributed by atoms with E-state index in [0.29, 0.717) is 35.4 Å². The number of alkyl halides is 3. The molecule has 4 heterocycles. The first-order valence-electron chi connectivity index (χ1n) is 10.8. The molecule has 0 radical (unpaired) electrons. The van der Waals surface area contributed by atoms with Gasteiger partial charge in [-0.15, -0.1) is 0 Å².